The van der Waals surface area contributed by atoms with Gasteiger partial charge >= 0.3 is 0 Å². The first-order valence-corrected chi connectivity index (χ1v) is 9.22. The predicted molar refractivity (Wildman–Crippen MR) is 95.3 cm³/mol. The van der Waals surface area contributed by atoms with Crippen LogP contribution in [0.5, 0.6) is 0 Å². The standard InChI is InChI=1S/C19H16ClNO2S/c20-13-5-3-11(4-6-13)14-10-18(23)21-15-8-12(9-16(22)19(14)15)17-2-1-7-24-17/h1-7,12,14H,8-10H2,(H,21,23)/t12-,14+/m1/s1. The van der Waals surface area contributed by atoms with E-state index in [0.29, 0.717) is 17.9 Å². The molecule has 2 heterocycles. The number of amides is 1. The van der Waals surface area contributed by atoms with Gasteiger partial charge < -0.3 is 5.32 Å². The van der Waals surface area contributed by atoms with Gasteiger partial charge in [0.05, 0.1) is 0 Å². The molecule has 2 atom stereocenters. The summed E-state index contributed by atoms with van der Waals surface area (Å²) in [5.74, 6) is 0.131. The van der Waals surface area contributed by atoms with E-state index in [1.54, 1.807) is 11.3 Å². The van der Waals surface area contributed by atoms with E-state index in [1.165, 1.54) is 4.88 Å². The van der Waals surface area contributed by atoms with Gasteiger partial charge in [0.1, 0.15) is 0 Å². The zero-order valence-electron chi connectivity index (χ0n) is 12.9. The Morgan fingerprint density at radius 2 is 1.83 bits per heavy atom. The number of carbonyl (C=O) groups is 2. The van der Waals surface area contributed by atoms with Crippen LogP contribution in [0, 0.1) is 0 Å². The summed E-state index contributed by atoms with van der Waals surface area (Å²) in [6, 6.07) is 11.5. The highest BCUT2D eigenvalue weighted by Gasteiger charge is 2.38. The molecule has 4 rings (SSSR count). The van der Waals surface area contributed by atoms with Crippen molar-refractivity contribution in [1.82, 2.24) is 5.32 Å². The number of allylic oxidation sites excluding steroid dienone is 2. The third-order valence-corrected chi connectivity index (χ3v) is 6.04. The second-order valence-electron chi connectivity index (χ2n) is 6.29. The quantitative estimate of drug-likeness (QED) is 0.865. The van der Waals surface area contributed by atoms with Crippen LogP contribution in [0.2, 0.25) is 5.02 Å². The van der Waals surface area contributed by atoms with Crippen molar-refractivity contribution in [3.8, 4) is 0 Å². The molecule has 1 N–H and O–H groups in total. The number of rotatable bonds is 2. The number of halogens is 1. The number of nitrogens with one attached hydrogen (secondary N) is 1. The Labute approximate surface area is 149 Å². The van der Waals surface area contributed by atoms with E-state index in [4.69, 9.17) is 11.6 Å². The minimum atomic E-state index is -0.164. The van der Waals surface area contributed by atoms with Gasteiger partial charge in [-0.2, -0.15) is 0 Å². The lowest BCUT2D eigenvalue weighted by molar-refractivity contribution is -0.122. The average Bonchev–Trinajstić information content (AvgIpc) is 3.09. The molecule has 5 heteroatoms. The molecule has 1 aromatic heterocycles. The van der Waals surface area contributed by atoms with Crippen LogP contribution < -0.4 is 5.32 Å². The van der Waals surface area contributed by atoms with Gasteiger partial charge in [-0.3, -0.25) is 9.59 Å². The number of benzene rings is 1. The fraction of sp³-hybridized carbons (Fsp3) is 0.263. The molecular weight excluding hydrogens is 342 g/mol. The Morgan fingerprint density at radius 1 is 1.04 bits per heavy atom. The monoisotopic (exact) mass is 357 g/mol. The summed E-state index contributed by atoms with van der Waals surface area (Å²) in [4.78, 5) is 26.3. The smallest absolute Gasteiger partial charge is 0.225 e. The minimum absolute atomic E-state index is 0.0201. The molecule has 1 aliphatic carbocycles. The van der Waals surface area contributed by atoms with Gasteiger partial charge in [-0.25, -0.2) is 0 Å². The van der Waals surface area contributed by atoms with Crippen LogP contribution in [0.4, 0.5) is 0 Å². The second-order valence-corrected chi connectivity index (χ2v) is 7.71. The van der Waals surface area contributed by atoms with Gasteiger partial charge in [-0.15, -0.1) is 11.3 Å². The van der Waals surface area contributed by atoms with Gasteiger partial charge in [0.15, 0.2) is 5.78 Å². The zero-order valence-corrected chi connectivity index (χ0v) is 14.5. The molecule has 3 nitrogen and oxygen atoms in total. The van der Waals surface area contributed by atoms with Crippen LogP contribution in [0.15, 0.2) is 53.0 Å². The number of Topliss-reactive ketones (excluding diaryl/α,β-unsaturated/α-hetero) is 1. The van der Waals surface area contributed by atoms with Crippen molar-refractivity contribution in [2.75, 3.05) is 0 Å². The molecule has 24 heavy (non-hydrogen) atoms. The Hall–Kier alpha value is -1.91. The molecular formula is C19H16ClNO2S. The first kappa shape index (κ1) is 15.6. The SMILES string of the molecule is O=C1C[C@@H](c2ccc(Cl)cc2)C2=C(C[C@@H](c3cccs3)CC2=O)N1. The van der Waals surface area contributed by atoms with Crippen LogP contribution in [-0.2, 0) is 9.59 Å². The van der Waals surface area contributed by atoms with E-state index in [2.05, 4.69) is 11.4 Å². The molecule has 0 radical (unpaired) electrons. The van der Waals surface area contributed by atoms with Crippen LogP contribution in [0.1, 0.15) is 41.5 Å². The lowest BCUT2D eigenvalue weighted by atomic mass is 9.75. The van der Waals surface area contributed by atoms with Gasteiger partial charge in [0.2, 0.25) is 5.91 Å². The van der Waals surface area contributed by atoms with E-state index in [0.717, 1.165) is 23.3 Å². The lowest BCUT2D eigenvalue weighted by Gasteiger charge is -2.34. The van der Waals surface area contributed by atoms with E-state index in [-0.39, 0.29) is 23.5 Å². The number of thiophene rings is 1. The molecule has 1 amide bonds. The first-order valence-electron chi connectivity index (χ1n) is 7.97. The van der Waals surface area contributed by atoms with Crippen molar-refractivity contribution in [2.45, 2.75) is 31.1 Å². The summed E-state index contributed by atoms with van der Waals surface area (Å²) in [6.45, 7) is 0. The fourth-order valence-electron chi connectivity index (χ4n) is 3.66. The van der Waals surface area contributed by atoms with E-state index >= 15 is 0 Å². The molecule has 2 aliphatic rings. The Balaban J connectivity index is 1.72. The Morgan fingerprint density at radius 3 is 2.54 bits per heavy atom. The third kappa shape index (κ3) is 2.80. The van der Waals surface area contributed by atoms with E-state index in [9.17, 15) is 9.59 Å². The zero-order chi connectivity index (χ0) is 16.7. The van der Waals surface area contributed by atoms with Crippen LogP contribution >= 0.6 is 22.9 Å². The Bertz CT molecular complexity index is 824. The molecule has 0 spiro atoms. The largest absolute Gasteiger partial charge is 0.329 e. The molecule has 0 saturated carbocycles. The number of hydrogen-bond donors (Lipinski definition) is 1. The number of hydrogen-bond acceptors (Lipinski definition) is 3. The fourth-order valence-corrected chi connectivity index (χ4v) is 4.62. The van der Waals surface area contributed by atoms with Gasteiger partial charge in [0, 0.05) is 45.8 Å². The van der Waals surface area contributed by atoms with Crippen molar-refractivity contribution < 1.29 is 9.59 Å². The second kappa shape index (κ2) is 6.19. The molecule has 1 aromatic carbocycles. The maximum absolute atomic E-state index is 12.9. The normalized spacial score (nSPS) is 23.9. The van der Waals surface area contributed by atoms with Gasteiger partial charge in [-0.1, -0.05) is 29.8 Å². The third-order valence-electron chi connectivity index (χ3n) is 4.75. The number of carbonyl (C=O) groups excluding carboxylic acids is 2. The Kier molecular flexibility index (Phi) is 4.02. The molecule has 0 unspecified atom stereocenters. The van der Waals surface area contributed by atoms with E-state index < -0.39 is 0 Å². The minimum Gasteiger partial charge on any atom is -0.329 e. The molecule has 0 saturated heterocycles. The highest BCUT2D eigenvalue weighted by Crippen LogP contribution is 2.43. The first-order chi connectivity index (χ1) is 11.6. The molecule has 0 bridgehead atoms. The van der Waals surface area contributed by atoms with Crippen molar-refractivity contribution >= 4 is 34.6 Å². The average molecular weight is 358 g/mol. The van der Waals surface area contributed by atoms with Crippen molar-refractivity contribution in [1.29, 1.82) is 0 Å². The van der Waals surface area contributed by atoms with E-state index in [1.807, 2.05) is 35.7 Å². The highest BCUT2D eigenvalue weighted by molar-refractivity contribution is 7.10. The van der Waals surface area contributed by atoms with Gasteiger partial charge in [-0.05, 0) is 35.6 Å². The molecule has 0 fully saturated rings. The predicted octanol–water partition coefficient (Wildman–Crippen LogP) is 4.41. The summed E-state index contributed by atoms with van der Waals surface area (Å²) in [5.41, 5.74) is 2.57. The summed E-state index contributed by atoms with van der Waals surface area (Å²) in [5, 5.41) is 5.63. The summed E-state index contributed by atoms with van der Waals surface area (Å²) >= 11 is 7.63. The molecule has 122 valence electrons. The summed E-state index contributed by atoms with van der Waals surface area (Å²) < 4.78 is 0. The van der Waals surface area contributed by atoms with Crippen molar-refractivity contribution in [2.24, 2.45) is 0 Å². The maximum Gasteiger partial charge on any atom is 0.225 e. The van der Waals surface area contributed by atoms with Crippen molar-refractivity contribution in [3.63, 3.8) is 0 Å². The van der Waals surface area contributed by atoms with Crippen LogP contribution in [0.3, 0.4) is 0 Å². The topological polar surface area (TPSA) is 46.2 Å². The van der Waals surface area contributed by atoms with Gasteiger partial charge in [0.25, 0.3) is 0 Å². The maximum atomic E-state index is 12.9. The van der Waals surface area contributed by atoms with Crippen LogP contribution in [0.25, 0.3) is 0 Å². The molecule has 2 aromatic rings. The number of ketones is 1. The summed E-state index contributed by atoms with van der Waals surface area (Å²) in [7, 11) is 0. The lowest BCUT2D eigenvalue weighted by Crippen LogP contribution is -2.38. The summed E-state index contributed by atoms with van der Waals surface area (Å²) in [6.07, 6.45) is 1.55. The highest BCUT2D eigenvalue weighted by atomic mass is 35.5. The van der Waals surface area contributed by atoms with Crippen LogP contribution in [-0.4, -0.2) is 11.7 Å². The molecule has 1 aliphatic heterocycles. The van der Waals surface area contributed by atoms with Crippen molar-refractivity contribution in [3.05, 3.63) is 68.5 Å².